The molecule has 0 aliphatic rings. The molecule has 0 atom stereocenters. The summed E-state index contributed by atoms with van der Waals surface area (Å²) in [6, 6.07) is 14.6. The topological polar surface area (TPSA) is 56.1 Å². The van der Waals surface area contributed by atoms with Gasteiger partial charge < -0.3 is 14.6 Å². The first-order valence-electron chi connectivity index (χ1n) is 9.94. The van der Waals surface area contributed by atoms with Crippen molar-refractivity contribution in [2.75, 3.05) is 13.2 Å². The Morgan fingerprint density at radius 3 is 2.82 bits per heavy atom. The largest absolute Gasteiger partial charge is 0.493 e. The zero-order valence-electron chi connectivity index (χ0n) is 16.9. The van der Waals surface area contributed by atoms with Gasteiger partial charge in [-0.3, -0.25) is 4.79 Å². The van der Waals surface area contributed by atoms with Gasteiger partial charge in [-0.15, -0.1) is 0 Å². The van der Waals surface area contributed by atoms with E-state index in [4.69, 9.17) is 9.72 Å². The minimum atomic E-state index is 0.435. The number of imidazole rings is 1. The molecule has 0 aliphatic carbocycles. The first-order valence-corrected chi connectivity index (χ1v) is 9.94. The number of fused-ring (bicyclic) bond motifs is 1. The summed E-state index contributed by atoms with van der Waals surface area (Å²) < 4.78 is 8.38. The summed E-state index contributed by atoms with van der Waals surface area (Å²) in [5, 5.41) is 2.72. The maximum atomic E-state index is 10.5. The first-order chi connectivity index (χ1) is 13.6. The van der Waals surface area contributed by atoms with E-state index in [1.807, 2.05) is 18.2 Å². The molecule has 0 bridgehead atoms. The lowest BCUT2D eigenvalue weighted by molar-refractivity contribution is -0.109. The van der Waals surface area contributed by atoms with Crippen molar-refractivity contribution in [2.24, 2.45) is 0 Å². The maximum absolute atomic E-state index is 10.5. The van der Waals surface area contributed by atoms with Crippen LogP contribution in [0.4, 0.5) is 0 Å². The summed E-state index contributed by atoms with van der Waals surface area (Å²) in [5.41, 5.74) is 4.58. The third-order valence-corrected chi connectivity index (χ3v) is 4.88. The number of benzene rings is 2. The fourth-order valence-electron chi connectivity index (χ4n) is 3.46. The standard InChI is InChI=1S/C23H29N3O2/c1-17(2)19-10-9-18(3)15-22(19)28-14-6-13-26-21-8-5-4-7-20(21)25-23(26)11-12-24-16-27/h4-5,7-10,15-17H,6,11-14H2,1-3H3,(H,24,27). The van der Waals surface area contributed by atoms with Gasteiger partial charge in [0.25, 0.3) is 0 Å². The number of aryl methyl sites for hydroxylation is 2. The first kappa shape index (κ1) is 19.9. The molecule has 3 rings (SSSR count). The van der Waals surface area contributed by atoms with Gasteiger partial charge in [0.05, 0.1) is 17.6 Å². The number of nitrogens with zero attached hydrogens (tertiary/aromatic N) is 2. The predicted octanol–water partition coefficient (Wildman–Crippen LogP) is 4.23. The van der Waals surface area contributed by atoms with Gasteiger partial charge >= 0.3 is 0 Å². The van der Waals surface area contributed by atoms with Gasteiger partial charge in [0.1, 0.15) is 11.6 Å². The summed E-state index contributed by atoms with van der Waals surface area (Å²) in [4.78, 5) is 15.3. The van der Waals surface area contributed by atoms with Gasteiger partial charge in [0.2, 0.25) is 6.41 Å². The van der Waals surface area contributed by atoms with E-state index >= 15 is 0 Å². The molecule has 0 spiro atoms. The molecule has 0 saturated carbocycles. The van der Waals surface area contributed by atoms with E-state index in [-0.39, 0.29) is 0 Å². The second-order valence-electron chi connectivity index (χ2n) is 7.39. The molecule has 5 heteroatoms. The van der Waals surface area contributed by atoms with Crippen LogP contribution >= 0.6 is 0 Å². The lowest BCUT2D eigenvalue weighted by atomic mass is 10.0. The number of carbonyl (C=O) groups is 1. The van der Waals surface area contributed by atoms with Crippen molar-refractivity contribution in [3.8, 4) is 5.75 Å². The van der Waals surface area contributed by atoms with Crippen molar-refractivity contribution < 1.29 is 9.53 Å². The van der Waals surface area contributed by atoms with Gasteiger partial charge in [0.15, 0.2) is 0 Å². The highest BCUT2D eigenvalue weighted by atomic mass is 16.5. The number of aromatic nitrogens is 2. The molecule has 148 valence electrons. The Bertz CT molecular complexity index is 931. The van der Waals surface area contributed by atoms with Crippen LogP contribution in [0.3, 0.4) is 0 Å². The average Bonchev–Trinajstić information content (AvgIpc) is 3.03. The number of para-hydroxylation sites is 2. The van der Waals surface area contributed by atoms with Crippen molar-refractivity contribution in [3.05, 3.63) is 59.4 Å². The zero-order chi connectivity index (χ0) is 19.9. The van der Waals surface area contributed by atoms with Crippen LogP contribution in [-0.2, 0) is 17.8 Å². The fourth-order valence-corrected chi connectivity index (χ4v) is 3.46. The number of hydrogen-bond acceptors (Lipinski definition) is 3. The molecule has 1 amide bonds. The number of hydrogen-bond donors (Lipinski definition) is 1. The average molecular weight is 380 g/mol. The fraction of sp³-hybridized carbons (Fsp3) is 0.391. The minimum absolute atomic E-state index is 0.435. The van der Waals surface area contributed by atoms with E-state index < -0.39 is 0 Å². The van der Waals surface area contributed by atoms with Gasteiger partial charge in [-0.25, -0.2) is 4.98 Å². The molecular weight excluding hydrogens is 350 g/mol. The van der Waals surface area contributed by atoms with Crippen LogP contribution in [0.5, 0.6) is 5.75 Å². The van der Waals surface area contributed by atoms with E-state index in [0.29, 0.717) is 25.5 Å². The van der Waals surface area contributed by atoms with Gasteiger partial charge in [-0.2, -0.15) is 0 Å². The van der Waals surface area contributed by atoms with Gasteiger partial charge in [-0.05, 0) is 48.6 Å². The molecule has 0 fully saturated rings. The van der Waals surface area contributed by atoms with Crippen molar-refractivity contribution in [3.63, 3.8) is 0 Å². The molecule has 0 aliphatic heterocycles. The second kappa shape index (κ2) is 9.40. The van der Waals surface area contributed by atoms with Crippen molar-refractivity contribution in [1.29, 1.82) is 0 Å². The Kier molecular flexibility index (Phi) is 6.69. The number of rotatable bonds is 10. The summed E-state index contributed by atoms with van der Waals surface area (Å²) in [6.45, 7) is 8.55. The highest BCUT2D eigenvalue weighted by molar-refractivity contribution is 5.75. The molecule has 1 heterocycles. The molecule has 0 radical (unpaired) electrons. The lowest BCUT2D eigenvalue weighted by Crippen LogP contribution is -2.17. The van der Waals surface area contributed by atoms with E-state index in [9.17, 15) is 4.79 Å². The summed E-state index contributed by atoms with van der Waals surface area (Å²) in [6.07, 6.45) is 2.33. The van der Waals surface area contributed by atoms with Gasteiger partial charge in [0, 0.05) is 19.5 Å². The quantitative estimate of drug-likeness (QED) is 0.424. The van der Waals surface area contributed by atoms with Crippen molar-refractivity contribution >= 4 is 17.4 Å². The van der Waals surface area contributed by atoms with Crippen LogP contribution in [0.25, 0.3) is 11.0 Å². The van der Waals surface area contributed by atoms with Crippen LogP contribution < -0.4 is 10.1 Å². The smallest absolute Gasteiger partial charge is 0.207 e. The highest BCUT2D eigenvalue weighted by Crippen LogP contribution is 2.27. The minimum Gasteiger partial charge on any atom is -0.493 e. The Balaban J connectivity index is 1.68. The van der Waals surface area contributed by atoms with Crippen LogP contribution in [0, 0.1) is 6.92 Å². The predicted molar refractivity (Wildman–Crippen MR) is 113 cm³/mol. The molecule has 1 N–H and O–H groups in total. The Morgan fingerprint density at radius 2 is 2.04 bits per heavy atom. The van der Waals surface area contributed by atoms with Crippen LogP contribution in [-0.4, -0.2) is 29.1 Å². The van der Waals surface area contributed by atoms with Crippen molar-refractivity contribution in [1.82, 2.24) is 14.9 Å². The van der Waals surface area contributed by atoms with E-state index in [0.717, 1.165) is 42.0 Å². The molecule has 28 heavy (non-hydrogen) atoms. The summed E-state index contributed by atoms with van der Waals surface area (Å²) in [5.74, 6) is 2.42. The highest BCUT2D eigenvalue weighted by Gasteiger charge is 2.11. The number of nitrogens with one attached hydrogen (secondary N) is 1. The SMILES string of the molecule is Cc1ccc(C(C)C)c(OCCCn2c(CCNC=O)nc3ccccc32)c1. The third kappa shape index (κ3) is 4.71. The Labute approximate surface area is 166 Å². The van der Waals surface area contributed by atoms with Crippen molar-refractivity contribution in [2.45, 2.75) is 46.1 Å². The zero-order valence-corrected chi connectivity index (χ0v) is 16.9. The molecule has 2 aromatic carbocycles. The van der Waals surface area contributed by atoms with E-state index in [2.05, 4.69) is 54.9 Å². The molecule has 0 saturated heterocycles. The molecule has 1 aromatic heterocycles. The second-order valence-corrected chi connectivity index (χ2v) is 7.39. The van der Waals surface area contributed by atoms with Crippen LogP contribution in [0.1, 0.15) is 43.1 Å². The molecule has 5 nitrogen and oxygen atoms in total. The number of carbonyl (C=O) groups excluding carboxylic acids is 1. The maximum Gasteiger partial charge on any atom is 0.207 e. The Hall–Kier alpha value is -2.82. The van der Waals surface area contributed by atoms with Crippen LogP contribution in [0.2, 0.25) is 0 Å². The van der Waals surface area contributed by atoms with E-state index in [1.54, 1.807) is 0 Å². The normalized spacial score (nSPS) is 11.1. The van der Waals surface area contributed by atoms with Gasteiger partial charge in [-0.1, -0.05) is 38.1 Å². The lowest BCUT2D eigenvalue weighted by Gasteiger charge is -2.15. The third-order valence-electron chi connectivity index (χ3n) is 4.88. The summed E-state index contributed by atoms with van der Waals surface area (Å²) >= 11 is 0. The molecule has 3 aromatic rings. The number of amides is 1. The summed E-state index contributed by atoms with van der Waals surface area (Å²) in [7, 11) is 0. The molecular formula is C23H29N3O2. The monoisotopic (exact) mass is 379 g/mol. The molecule has 0 unspecified atom stereocenters. The van der Waals surface area contributed by atoms with E-state index in [1.165, 1.54) is 11.1 Å². The number of ether oxygens (including phenoxy) is 1. The Morgan fingerprint density at radius 1 is 1.21 bits per heavy atom. The van der Waals surface area contributed by atoms with Crippen LogP contribution in [0.15, 0.2) is 42.5 Å².